The van der Waals surface area contributed by atoms with Crippen LogP contribution in [0.25, 0.3) is 11.0 Å². The third-order valence-electron chi connectivity index (χ3n) is 5.78. The van der Waals surface area contributed by atoms with Crippen molar-refractivity contribution < 1.29 is 9.90 Å². The number of nitrogens with two attached hydrogens (primary N) is 1. The number of nitrogen functional groups attached to an aromatic ring is 1. The van der Waals surface area contributed by atoms with Crippen LogP contribution in [0.4, 0.5) is 11.6 Å². The van der Waals surface area contributed by atoms with Crippen LogP contribution in [0.2, 0.25) is 0 Å². The lowest BCUT2D eigenvalue weighted by Crippen LogP contribution is -2.46. The number of carbonyl (C=O) groups excluding carboxylic acids is 1. The van der Waals surface area contributed by atoms with Crippen LogP contribution in [-0.4, -0.2) is 50.8 Å². The summed E-state index contributed by atoms with van der Waals surface area (Å²) in [4.78, 5) is 35.8. The number of hydrogen-bond donors (Lipinski definition) is 3. The molecule has 1 aliphatic carbocycles. The van der Waals surface area contributed by atoms with Crippen molar-refractivity contribution in [2.24, 2.45) is 0 Å². The smallest absolute Gasteiger partial charge is 0.254 e. The molecule has 1 saturated heterocycles. The van der Waals surface area contributed by atoms with E-state index in [4.69, 9.17) is 5.73 Å². The maximum atomic E-state index is 12.7. The minimum Gasteiger partial charge on any atom is -0.398 e. The lowest BCUT2D eigenvalue weighted by Gasteiger charge is -2.32. The summed E-state index contributed by atoms with van der Waals surface area (Å²) in [6.07, 6.45) is 4.65. The number of pyridine rings is 1. The van der Waals surface area contributed by atoms with Gasteiger partial charge in [0.1, 0.15) is 0 Å². The molecule has 1 amide bonds. The number of aliphatic hydroxyl groups is 1. The summed E-state index contributed by atoms with van der Waals surface area (Å²) in [6.45, 7) is 3.18. The van der Waals surface area contributed by atoms with Gasteiger partial charge in [-0.3, -0.25) is 19.1 Å². The summed E-state index contributed by atoms with van der Waals surface area (Å²) in [7, 11) is 0. The maximum absolute atomic E-state index is 12.7. The average Bonchev–Trinajstić information content (AvgIpc) is 3.08. The predicted molar refractivity (Wildman–Crippen MR) is 106 cm³/mol. The molecule has 0 bridgehead atoms. The Hall–Kier alpha value is -2.52. The number of nitrogens with one attached hydrogen (secondary N) is 1. The molecule has 9 heteroatoms. The van der Waals surface area contributed by atoms with Gasteiger partial charge in [-0.1, -0.05) is 0 Å². The van der Waals surface area contributed by atoms with Crippen LogP contribution in [0.15, 0.2) is 17.1 Å². The van der Waals surface area contributed by atoms with E-state index in [1.54, 1.807) is 15.7 Å². The second kappa shape index (κ2) is 7.48. The summed E-state index contributed by atoms with van der Waals surface area (Å²) in [5.41, 5.74) is 6.55. The molecule has 2 atom stereocenters. The average molecular weight is 386 g/mol. The van der Waals surface area contributed by atoms with E-state index in [1.807, 2.05) is 0 Å². The molecule has 0 radical (unpaired) electrons. The Morgan fingerprint density at radius 3 is 2.71 bits per heavy atom. The standard InChI is InChI=1S/C19H26N6O3/c1-11(26)24(12-4-6-21-7-5-12)19-22-10-15-16(20)9-17(28)25(18(15)23-19)13-2-3-14(27)8-13/h9-10,12-14,21,27H,2-8,20H2,1H3. The summed E-state index contributed by atoms with van der Waals surface area (Å²) >= 11 is 0. The number of aromatic nitrogens is 3. The topological polar surface area (TPSA) is 126 Å². The largest absolute Gasteiger partial charge is 0.398 e. The number of anilines is 2. The SMILES string of the molecule is CC(=O)N(c1ncc2c(N)cc(=O)n(C3CCC(O)C3)c2n1)C1CCNCC1. The summed E-state index contributed by atoms with van der Waals surface area (Å²) < 4.78 is 1.60. The van der Waals surface area contributed by atoms with Crippen LogP contribution in [-0.2, 0) is 4.79 Å². The van der Waals surface area contributed by atoms with Crippen molar-refractivity contribution in [2.45, 2.75) is 57.2 Å². The molecule has 2 aliphatic rings. The molecule has 28 heavy (non-hydrogen) atoms. The van der Waals surface area contributed by atoms with Crippen molar-refractivity contribution >= 4 is 28.6 Å². The van der Waals surface area contributed by atoms with Crippen LogP contribution >= 0.6 is 0 Å². The number of fused-ring (bicyclic) bond motifs is 1. The van der Waals surface area contributed by atoms with Crippen LogP contribution < -0.4 is 21.5 Å². The lowest BCUT2D eigenvalue weighted by atomic mass is 10.1. The first kappa shape index (κ1) is 18.8. The molecule has 1 aliphatic heterocycles. The summed E-state index contributed by atoms with van der Waals surface area (Å²) in [6, 6.07) is 1.26. The zero-order chi connectivity index (χ0) is 19.8. The van der Waals surface area contributed by atoms with Gasteiger partial charge in [0.15, 0.2) is 5.65 Å². The Morgan fingerprint density at radius 2 is 2.07 bits per heavy atom. The first-order valence-corrected chi connectivity index (χ1v) is 9.82. The Labute approximate surface area is 162 Å². The van der Waals surface area contributed by atoms with Gasteiger partial charge in [-0.25, -0.2) is 4.98 Å². The molecule has 4 N–H and O–H groups in total. The number of nitrogens with zero attached hydrogens (tertiary/aromatic N) is 4. The van der Waals surface area contributed by atoms with Crippen LogP contribution in [0.5, 0.6) is 0 Å². The van der Waals surface area contributed by atoms with Crippen molar-refractivity contribution in [1.82, 2.24) is 19.9 Å². The fraction of sp³-hybridized carbons (Fsp3) is 0.579. The molecule has 0 spiro atoms. The van der Waals surface area contributed by atoms with Crippen molar-refractivity contribution in [3.8, 4) is 0 Å². The first-order chi connectivity index (χ1) is 13.5. The lowest BCUT2D eigenvalue weighted by molar-refractivity contribution is -0.117. The maximum Gasteiger partial charge on any atom is 0.254 e. The first-order valence-electron chi connectivity index (χ1n) is 9.82. The van der Waals surface area contributed by atoms with Crippen molar-refractivity contribution in [3.63, 3.8) is 0 Å². The monoisotopic (exact) mass is 386 g/mol. The molecule has 2 fully saturated rings. The van der Waals surface area contributed by atoms with E-state index in [0.29, 0.717) is 41.9 Å². The van der Waals surface area contributed by atoms with E-state index >= 15 is 0 Å². The van der Waals surface area contributed by atoms with Crippen LogP contribution in [0, 0.1) is 0 Å². The Morgan fingerprint density at radius 1 is 1.32 bits per heavy atom. The molecule has 9 nitrogen and oxygen atoms in total. The number of rotatable bonds is 3. The zero-order valence-corrected chi connectivity index (χ0v) is 16.0. The molecule has 1 saturated carbocycles. The second-order valence-electron chi connectivity index (χ2n) is 7.71. The number of aliphatic hydroxyl groups excluding tert-OH is 1. The number of carbonyl (C=O) groups is 1. The molecule has 4 rings (SSSR count). The van der Waals surface area contributed by atoms with Crippen LogP contribution in [0.1, 0.15) is 45.1 Å². The molecule has 2 unspecified atom stereocenters. The van der Waals surface area contributed by atoms with E-state index in [-0.39, 0.29) is 23.6 Å². The number of amides is 1. The second-order valence-corrected chi connectivity index (χ2v) is 7.71. The highest BCUT2D eigenvalue weighted by Gasteiger charge is 2.30. The van der Waals surface area contributed by atoms with Gasteiger partial charge in [-0.05, 0) is 45.2 Å². The van der Waals surface area contributed by atoms with Gasteiger partial charge in [0, 0.05) is 37.0 Å². The van der Waals surface area contributed by atoms with Gasteiger partial charge < -0.3 is 16.2 Å². The number of hydrogen-bond acceptors (Lipinski definition) is 7. The van der Waals surface area contributed by atoms with Crippen LogP contribution in [0.3, 0.4) is 0 Å². The Kier molecular flexibility index (Phi) is 5.03. The normalized spacial score (nSPS) is 23.2. The van der Waals surface area contributed by atoms with Gasteiger partial charge in [-0.15, -0.1) is 0 Å². The van der Waals surface area contributed by atoms with Gasteiger partial charge in [0.05, 0.1) is 11.5 Å². The van der Waals surface area contributed by atoms with E-state index < -0.39 is 6.10 Å². The van der Waals surface area contributed by atoms with E-state index in [2.05, 4.69) is 15.3 Å². The predicted octanol–water partition coefficient (Wildman–Crippen LogP) is 0.564. The third kappa shape index (κ3) is 3.35. The van der Waals surface area contributed by atoms with E-state index in [0.717, 1.165) is 25.9 Å². The minimum atomic E-state index is -0.422. The van der Waals surface area contributed by atoms with Crippen molar-refractivity contribution in [2.75, 3.05) is 23.7 Å². The molecular formula is C19H26N6O3. The highest BCUT2D eigenvalue weighted by atomic mass is 16.3. The molecule has 3 heterocycles. The molecular weight excluding hydrogens is 360 g/mol. The molecule has 2 aromatic heterocycles. The van der Waals surface area contributed by atoms with Gasteiger partial charge in [0.25, 0.3) is 5.56 Å². The molecule has 0 aromatic carbocycles. The Balaban J connectivity index is 1.84. The van der Waals surface area contributed by atoms with Gasteiger partial charge in [-0.2, -0.15) is 4.98 Å². The van der Waals surface area contributed by atoms with E-state index in [9.17, 15) is 14.7 Å². The zero-order valence-electron chi connectivity index (χ0n) is 16.0. The van der Waals surface area contributed by atoms with Gasteiger partial charge >= 0.3 is 0 Å². The molecule has 2 aromatic rings. The summed E-state index contributed by atoms with van der Waals surface area (Å²) in [5, 5.41) is 13.8. The van der Waals surface area contributed by atoms with Gasteiger partial charge in [0.2, 0.25) is 11.9 Å². The fourth-order valence-electron chi connectivity index (χ4n) is 4.40. The van der Waals surface area contributed by atoms with Crippen molar-refractivity contribution in [1.29, 1.82) is 0 Å². The third-order valence-corrected chi connectivity index (χ3v) is 5.78. The van der Waals surface area contributed by atoms with Crippen molar-refractivity contribution in [3.05, 3.63) is 22.6 Å². The van der Waals surface area contributed by atoms with E-state index in [1.165, 1.54) is 13.0 Å². The Bertz CT molecular complexity index is 953. The molecule has 150 valence electrons. The fourth-order valence-corrected chi connectivity index (χ4v) is 4.40. The minimum absolute atomic E-state index is 0.0192. The highest BCUT2D eigenvalue weighted by molar-refractivity contribution is 5.92. The summed E-state index contributed by atoms with van der Waals surface area (Å²) in [5.74, 6) is 0.171. The number of piperidine rings is 1. The highest BCUT2D eigenvalue weighted by Crippen LogP contribution is 2.32. The quantitative estimate of drug-likeness (QED) is 0.704.